The van der Waals surface area contributed by atoms with E-state index in [1.165, 1.54) is 5.69 Å². The number of hydrogen-bond acceptors (Lipinski definition) is 4. The maximum absolute atomic E-state index is 12.6. The molecule has 0 radical (unpaired) electrons. The van der Waals surface area contributed by atoms with Crippen LogP contribution in [0.4, 0.5) is 5.69 Å². The van der Waals surface area contributed by atoms with Gasteiger partial charge in [0.2, 0.25) is 5.91 Å². The maximum atomic E-state index is 12.6. The van der Waals surface area contributed by atoms with Crippen molar-refractivity contribution < 1.29 is 4.79 Å². The molecule has 1 atom stereocenters. The molecule has 28 heavy (non-hydrogen) atoms. The molecule has 1 aromatic heterocycles. The van der Waals surface area contributed by atoms with Crippen molar-refractivity contribution in [3.63, 3.8) is 0 Å². The van der Waals surface area contributed by atoms with E-state index in [0.717, 1.165) is 68.0 Å². The molecule has 0 bridgehead atoms. The molecule has 3 heterocycles. The fraction of sp³-hybridized carbons (Fsp3) is 0.364. The number of carbonyl (C=O) groups excluding carboxylic acids is 1. The fourth-order valence-corrected chi connectivity index (χ4v) is 4.24. The Kier molecular flexibility index (Phi) is 4.49. The molecule has 1 amide bonds. The molecule has 0 aliphatic carbocycles. The number of imidazole rings is 1. The van der Waals surface area contributed by atoms with Crippen LogP contribution in [0.5, 0.6) is 0 Å². The van der Waals surface area contributed by atoms with Crippen LogP contribution in [0.25, 0.3) is 22.4 Å². The Hall–Kier alpha value is -2.86. The summed E-state index contributed by atoms with van der Waals surface area (Å²) in [6.45, 7) is 4.26. The monoisotopic (exact) mass is 375 g/mol. The molecule has 6 nitrogen and oxygen atoms in total. The highest BCUT2D eigenvalue weighted by Crippen LogP contribution is 2.26. The van der Waals surface area contributed by atoms with Crippen LogP contribution in [-0.4, -0.2) is 59.5 Å². The van der Waals surface area contributed by atoms with Crippen LogP contribution in [0.15, 0.2) is 48.5 Å². The number of H-pyrrole nitrogens is 1. The average molecular weight is 375 g/mol. The lowest BCUT2D eigenvalue weighted by Gasteiger charge is -2.37. The minimum Gasteiger partial charge on any atom is -0.368 e. The third kappa shape index (κ3) is 3.24. The van der Waals surface area contributed by atoms with Crippen LogP contribution in [-0.2, 0) is 4.79 Å². The first-order chi connectivity index (χ1) is 13.8. The number of para-hydroxylation sites is 2. The Bertz CT molecular complexity index is 950. The predicted octanol–water partition coefficient (Wildman–Crippen LogP) is 2.63. The lowest BCUT2D eigenvalue weighted by molar-refractivity contribution is -0.133. The molecule has 3 aromatic rings. The molecule has 2 N–H and O–H groups in total. The number of hydrogen-bond donors (Lipinski definition) is 2. The topological polar surface area (TPSA) is 64.3 Å². The van der Waals surface area contributed by atoms with Gasteiger partial charge in [-0.15, -0.1) is 0 Å². The number of carbonyl (C=O) groups is 1. The van der Waals surface area contributed by atoms with Gasteiger partial charge in [0.25, 0.3) is 0 Å². The van der Waals surface area contributed by atoms with Gasteiger partial charge in [-0.25, -0.2) is 4.98 Å². The van der Waals surface area contributed by atoms with E-state index in [1.807, 2.05) is 29.2 Å². The fourth-order valence-electron chi connectivity index (χ4n) is 4.24. The van der Waals surface area contributed by atoms with Crippen molar-refractivity contribution in [3.05, 3.63) is 48.5 Å². The zero-order chi connectivity index (χ0) is 18.9. The zero-order valence-corrected chi connectivity index (χ0v) is 15.9. The first-order valence-corrected chi connectivity index (χ1v) is 10.1. The molecule has 2 aromatic carbocycles. The predicted molar refractivity (Wildman–Crippen MR) is 111 cm³/mol. The standard InChI is InChI=1S/C22H25N5O/c28-22(20-9-4-10-23-20)27-13-11-26(12-14-27)17-6-3-5-16(15-17)21-24-18-7-1-2-8-19(18)25-21/h1-3,5-8,15,20,23H,4,9-14H2,(H,24,25)/t20-/m0/s1. The van der Waals surface area contributed by atoms with Crippen LogP contribution < -0.4 is 10.2 Å². The van der Waals surface area contributed by atoms with Gasteiger partial charge in [-0.3, -0.25) is 4.79 Å². The second-order valence-corrected chi connectivity index (χ2v) is 7.61. The van der Waals surface area contributed by atoms with Crippen molar-refractivity contribution in [2.45, 2.75) is 18.9 Å². The summed E-state index contributed by atoms with van der Waals surface area (Å²) in [5, 5.41) is 3.32. The summed E-state index contributed by atoms with van der Waals surface area (Å²) in [5.74, 6) is 1.16. The number of rotatable bonds is 3. The summed E-state index contributed by atoms with van der Waals surface area (Å²) in [7, 11) is 0. The first-order valence-electron chi connectivity index (χ1n) is 10.1. The largest absolute Gasteiger partial charge is 0.368 e. The van der Waals surface area contributed by atoms with Gasteiger partial charge in [-0.05, 0) is 43.7 Å². The Morgan fingerprint density at radius 1 is 1.04 bits per heavy atom. The maximum Gasteiger partial charge on any atom is 0.239 e. The number of benzene rings is 2. The number of nitrogens with zero attached hydrogens (tertiary/aromatic N) is 3. The van der Waals surface area contributed by atoms with Crippen LogP contribution in [0.2, 0.25) is 0 Å². The summed E-state index contributed by atoms with van der Waals surface area (Å²) in [6.07, 6.45) is 2.07. The number of aromatic amines is 1. The highest BCUT2D eigenvalue weighted by molar-refractivity contribution is 5.82. The summed E-state index contributed by atoms with van der Waals surface area (Å²) in [4.78, 5) is 25.1. The van der Waals surface area contributed by atoms with Crippen molar-refractivity contribution in [2.75, 3.05) is 37.6 Å². The Balaban J connectivity index is 1.30. The summed E-state index contributed by atoms with van der Waals surface area (Å²) in [5.41, 5.74) is 4.30. The van der Waals surface area contributed by atoms with Crippen molar-refractivity contribution >= 4 is 22.6 Å². The summed E-state index contributed by atoms with van der Waals surface area (Å²) >= 11 is 0. The van der Waals surface area contributed by atoms with Crippen molar-refractivity contribution in [1.29, 1.82) is 0 Å². The number of anilines is 1. The number of fused-ring (bicyclic) bond motifs is 1. The molecule has 2 aliphatic heterocycles. The number of piperazine rings is 1. The summed E-state index contributed by atoms with van der Waals surface area (Å²) in [6, 6.07) is 16.6. The van der Waals surface area contributed by atoms with E-state index in [0.29, 0.717) is 0 Å². The minimum absolute atomic E-state index is 0.0305. The lowest BCUT2D eigenvalue weighted by Crippen LogP contribution is -2.53. The highest BCUT2D eigenvalue weighted by atomic mass is 16.2. The van der Waals surface area contributed by atoms with Gasteiger partial charge in [0.1, 0.15) is 5.82 Å². The molecule has 2 aliphatic rings. The highest BCUT2D eigenvalue weighted by Gasteiger charge is 2.29. The smallest absolute Gasteiger partial charge is 0.239 e. The Morgan fingerprint density at radius 2 is 1.89 bits per heavy atom. The van der Waals surface area contributed by atoms with E-state index in [9.17, 15) is 4.79 Å². The van der Waals surface area contributed by atoms with E-state index in [4.69, 9.17) is 4.98 Å². The van der Waals surface area contributed by atoms with Crippen LogP contribution in [0.1, 0.15) is 12.8 Å². The number of aromatic nitrogens is 2. The normalized spacial score (nSPS) is 20.1. The third-order valence-electron chi connectivity index (χ3n) is 5.82. The van der Waals surface area contributed by atoms with Gasteiger partial charge < -0.3 is 20.1 Å². The Morgan fingerprint density at radius 3 is 2.68 bits per heavy atom. The molecule has 2 fully saturated rings. The van der Waals surface area contributed by atoms with E-state index in [1.54, 1.807) is 0 Å². The molecule has 0 unspecified atom stereocenters. The molecule has 0 saturated carbocycles. The van der Waals surface area contributed by atoms with Crippen LogP contribution in [0, 0.1) is 0 Å². The first kappa shape index (κ1) is 17.3. The quantitative estimate of drug-likeness (QED) is 0.739. The average Bonchev–Trinajstić information content (AvgIpc) is 3.43. The van der Waals surface area contributed by atoms with Crippen molar-refractivity contribution in [2.24, 2.45) is 0 Å². The third-order valence-corrected chi connectivity index (χ3v) is 5.82. The van der Waals surface area contributed by atoms with Gasteiger partial charge in [0.05, 0.1) is 17.1 Å². The molecule has 2 saturated heterocycles. The summed E-state index contributed by atoms with van der Waals surface area (Å²) < 4.78 is 0. The number of nitrogens with one attached hydrogen (secondary N) is 2. The van der Waals surface area contributed by atoms with Gasteiger partial charge in [-0.2, -0.15) is 0 Å². The van der Waals surface area contributed by atoms with Gasteiger partial charge in [0.15, 0.2) is 0 Å². The van der Waals surface area contributed by atoms with E-state index < -0.39 is 0 Å². The van der Waals surface area contributed by atoms with E-state index in [2.05, 4.69) is 39.5 Å². The molecule has 0 spiro atoms. The van der Waals surface area contributed by atoms with Gasteiger partial charge >= 0.3 is 0 Å². The van der Waals surface area contributed by atoms with Gasteiger partial charge in [0, 0.05) is 37.4 Å². The minimum atomic E-state index is 0.0305. The molecular weight excluding hydrogens is 350 g/mol. The zero-order valence-electron chi connectivity index (χ0n) is 15.9. The molecular formula is C22H25N5O. The Labute approximate surface area is 164 Å². The van der Waals surface area contributed by atoms with Crippen molar-refractivity contribution in [3.8, 4) is 11.4 Å². The van der Waals surface area contributed by atoms with Gasteiger partial charge in [-0.1, -0.05) is 24.3 Å². The number of amides is 1. The van der Waals surface area contributed by atoms with Crippen molar-refractivity contribution in [1.82, 2.24) is 20.2 Å². The van der Waals surface area contributed by atoms with E-state index in [-0.39, 0.29) is 11.9 Å². The van der Waals surface area contributed by atoms with Crippen LogP contribution >= 0.6 is 0 Å². The molecule has 6 heteroatoms. The SMILES string of the molecule is O=C([C@@H]1CCCN1)N1CCN(c2cccc(-c3nc4ccccc4[nH]3)c2)CC1. The molecule has 144 valence electrons. The second-order valence-electron chi connectivity index (χ2n) is 7.61. The van der Waals surface area contributed by atoms with Crippen LogP contribution in [0.3, 0.4) is 0 Å². The van der Waals surface area contributed by atoms with E-state index >= 15 is 0 Å². The molecule has 5 rings (SSSR count). The second kappa shape index (κ2) is 7.28. The lowest BCUT2D eigenvalue weighted by atomic mass is 10.1.